The summed E-state index contributed by atoms with van der Waals surface area (Å²) in [5.74, 6) is 0. The van der Waals surface area contributed by atoms with Crippen molar-refractivity contribution in [3.8, 4) is 0 Å². The minimum absolute atomic E-state index is 0.0922. The lowest BCUT2D eigenvalue weighted by molar-refractivity contribution is -0.0769. The van der Waals surface area contributed by atoms with Crippen LogP contribution in [-0.2, 0) is 10.0 Å². The molecule has 0 atom stereocenters. The molecule has 0 N–H and O–H groups in total. The van der Waals surface area contributed by atoms with Crippen LogP contribution < -0.4 is 0 Å². The lowest BCUT2D eigenvalue weighted by atomic mass is 9.61. The SMILES string of the molecule is O=S(=O)(C1CCCCCCC1)N1CC2(CC(N3CCCCCCC3)C2)C1. The summed E-state index contributed by atoms with van der Waals surface area (Å²) in [6.07, 6.45) is 17.1. The largest absolute Gasteiger partial charge is 0.300 e. The van der Waals surface area contributed by atoms with Crippen LogP contribution in [0, 0.1) is 5.41 Å². The summed E-state index contributed by atoms with van der Waals surface area (Å²) in [6, 6.07) is 0.736. The minimum atomic E-state index is -3.05. The molecule has 2 aliphatic heterocycles. The first kappa shape index (κ1) is 19.2. The average Bonchev–Trinajstić information content (AvgIpc) is 2.44. The van der Waals surface area contributed by atoms with Gasteiger partial charge in [-0.05, 0) is 51.6 Å². The fraction of sp³-hybridized carbons (Fsp3) is 1.00. The number of hydrogen-bond donors (Lipinski definition) is 0. The Morgan fingerprint density at radius 2 is 1.19 bits per heavy atom. The molecule has 26 heavy (non-hydrogen) atoms. The molecule has 150 valence electrons. The van der Waals surface area contributed by atoms with E-state index in [1.165, 1.54) is 77.3 Å². The van der Waals surface area contributed by atoms with Crippen LogP contribution in [0.5, 0.6) is 0 Å². The van der Waals surface area contributed by atoms with Gasteiger partial charge in [0.15, 0.2) is 0 Å². The summed E-state index contributed by atoms with van der Waals surface area (Å²) in [6.45, 7) is 4.17. The zero-order valence-corrected chi connectivity index (χ0v) is 17.3. The molecular formula is C21H38N2O2S. The van der Waals surface area contributed by atoms with E-state index in [1.807, 2.05) is 4.31 Å². The molecule has 2 saturated heterocycles. The van der Waals surface area contributed by atoms with Crippen molar-refractivity contribution in [3.63, 3.8) is 0 Å². The lowest BCUT2D eigenvalue weighted by Crippen LogP contribution is -2.68. The Morgan fingerprint density at radius 1 is 0.692 bits per heavy atom. The van der Waals surface area contributed by atoms with E-state index in [-0.39, 0.29) is 5.25 Å². The van der Waals surface area contributed by atoms with Crippen molar-refractivity contribution in [3.05, 3.63) is 0 Å². The second kappa shape index (κ2) is 8.08. The minimum Gasteiger partial charge on any atom is -0.300 e. The number of hydrogen-bond acceptors (Lipinski definition) is 3. The van der Waals surface area contributed by atoms with Crippen molar-refractivity contribution in [2.45, 2.75) is 101 Å². The smallest absolute Gasteiger partial charge is 0.217 e. The summed E-state index contributed by atoms with van der Waals surface area (Å²) in [7, 11) is -3.05. The highest BCUT2D eigenvalue weighted by atomic mass is 32.2. The molecule has 4 fully saturated rings. The van der Waals surface area contributed by atoms with E-state index in [9.17, 15) is 8.42 Å². The van der Waals surface area contributed by atoms with Crippen LogP contribution in [0.15, 0.2) is 0 Å². The van der Waals surface area contributed by atoms with Gasteiger partial charge >= 0.3 is 0 Å². The van der Waals surface area contributed by atoms with E-state index in [4.69, 9.17) is 0 Å². The molecule has 0 bridgehead atoms. The summed E-state index contributed by atoms with van der Waals surface area (Å²) in [4.78, 5) is 2.72. The van der Waals surface area contributed by atoms with Crippen LogP contribution in [-0.4, -0.2) is 55.1 Å². The molecule has 5 heteroatoms. The van der Waals surface area contributed by atoms with E-state index in [2.05, 4.69) is 4.90 Å². The molecule has 1 spiro atoms. The standard InChI is InChI=1S/C21H38N2O2S/c24-26(25,20-11-7-3-1-4-8-12-20)23-17-21(18-23)15-19(16-21)22-13-9-5-2-6-10-14-22/h19-20H,1-18H2. The van der Waals surface area contributed by atoms with Gasteiger partial charge in [-0.25, -0.2) is 12.7 Å². The predicted molar refractivity (Wildman–Crippen MR) is 107 cm³/mol. The van der Waals surface area contributed by atoms with E-state index < -0.39 is 10.0 Å². The van der Waals surface area contributed by atoms with Gasteiger partial charge in [0, 0.05) is 24.5 Å². The third kappa shape index (κ3) is 4.00. The van der Waals surface area contributed by atoms with E-state index >= 15 is 0 Å². The molecule has 0 aromatic rings. The highest BCUT2D eigenvalue weighted by molar-refractivity contribution is 7.89. The van der Waals surface area contributed by atoms with Gasteiger partial charge in [0.25, 0.3) is 0 Å². The third-order valence-corrected chi connectivity index (χ3v) is 9.89. The topological polar surface area (TPSA) is 40.6 Å². The van der Waals surface area contributed by atoms with E-state index in [0.717, 1.165) is 44.8 Å². The highest BCUT2D eigenvalue weighted by Crippen LogP contribution is 2.52. The first-order valence-corrected chi connectivity index (χ1v) is 12.8. The van der Waals surface area contributed by atoms with Crippen LogP contribution in [0.1, 0.15) is 89.9 Å². The Kier molecular flexibility index (Phi) is 5.97. The summed E-state index contributed by atoms with van der Waals surface area (Å²) in [5, 5.41) is -0.0922. The van der Waals surface area contributed by atoms with Gasteiger partial charge in [-0.1, -0.05) is 51.4 Å². The third-order valence-electron chi connectivity index (χ3n) is 7.60. The molecule has 0 amide bonds. The molecule has 0 aromatic carbocycles. The van der Waals surface area contributed by atoms with Crippen molar-refractivity contribution in [1.29, 1.82) is 0 Å². The molecule has 2 heterocycles. The van der Waals surface area contributed by atoms with Crippen molar-refractivity contribution < 1.29 is 8.42 Å². The van der Waals surface area contributed by atoms with Gasteiger partial charge in [-0.3, -0.25) is 0 Å². The van der Waals surface area contributed by atoms with Gasteiger partial charge in [-0.15, -0.1) is 0 Å². The first-order chi connectivity index (χ1) is 12.6. The van der Waals surface area contributed by atoms with Crippen molar-refractivity contribution in [2.75, 3.05) is 26.2 Å². The second-order valence-electron chi connectivity index (χ2n) is 9.65. The molecule has 0 radical (unpaired) electrons. The van der Waals surface area contributed by atoms with E-state index in [0.29, 0.717) is 5.41 Å². The highest BCUT2D eigenvalue weighted by Gasteiger charge is 2.57. The van der Waals surface area contributed by atoms with Crippen molar-refractivity contribution >= 4 is 10.0 Å². The van der Waals surface area contributed by atoms with Gasteiger partial charge in [-0.2, -0.15) is 0 Å². The lowest BCUT2D eigenvalue weighted by Gasteiger charge is -2.61. The van der Waals surface area contributed by atoms with Crippen LogP contribution >= 0.6 is 0 Å². The molecule has 4 rings (SSSR count). The molecule has 2 aliphatic carbocycles. The number of likely N-dealkylation sites (tertiary alicyclic amines) is 1. The van der Waals surface area contributed by atoms with Crippen molar-refractivity contribution in [1.82, 2.24) is 9.21 Å². The Bertz CT molecular complexity index is 547. The van der Waals surface area contributed by atoms with Gasteiger partial charge in [0.1, 0.15) is 0 Å². The van der Waals surface area contributed by atoms with Gasteiger partial charge in [0.2, 0.25) is 10.0 Å². The van der Waals surface area contributed by atoms with Crippen LogP contribution in [0.25, 0.3) is 0 Å². The zero-order chi connectivity index (χ0) is 18.0. The maximum atomic E-state index is 13.0. The number of nitrogens with zero attached hydrogens (tertiary/aromatic N) is 2. The molecule has 0 unspecified atom stereocenters. The fourth-order valence-corrected chi connectivity index (χ4v) is 8.16. The molecule has 4 aliphatic rings. The van der Waals surface area contributed by atoms with E-state index in [1.54, 1.807) is 0 Å². The summed E-state index contributed by atoms with van der Waals surface area (Å²) < 4.78 is 27.9. The van der Waals surface area contributed by atoms with Crippen molar-refractivity contribution in [2.24, 2.45) is 5.41 Å². The van der Waals surface area contributed by atoms with Gasteiger partial charge < -0.3 is 4.90 Å². The maximum Gasteiger partial charge on any atom is 0.217 e. The molecule has 2 saturated carbocycles. The predicted octanol–water partition coefficient (Wildman–Crippen LogP) is 4.16. The van der Waals surface area contributed by atoms with Crippen LogP contribution in [0.3, 0.4) is 0 Å². The summed E-state index contributed by atoms with van der Waals surface area (Å²) in [5.41, 5.74) is 0.335. The average molecular weight is 383 g/mol. The Hall–Kier alpha value is -0.130. The fourth-order valence-electron chi connectivity index (χ4n) is 5.90. The Morgan fingerprint density at radius 3 is 1.77 bits per heavy atom. The Labute approximate surface area is 160 Å². The first-order valence-electron chi connectivity index (χ1n) is 11.3. The molecule has 4 nitrogen and oxygen atoms in total. The second-order valence-corrected chi connectivity index (χ2v) is 11.9. The van der Waals surface area contributed by atoms with Gasteiger partial charge in [0.05, 0.1) is 5.25 Å². The quantitative estimate of drug-likeness (QED) is 0.736. The monoisotopic (exact) mass is 382 g/mol. The number of rotatable bonds is 3. The molecular weight excluding hydrogens is 344 g/mol. The molecule has 0 aromatic heterocycles. The van der Waals surface area contributed by atoms with Crippen LogP contribution in [0.4, 0.5) is 0 Å². The van der Waals surface area contributed by atoms with Crippen LogP contribution in [0.2, 0.25) is 0 Å². The zero-order valence-electron chi connectivity index (χ0n) is 16.5. The number of sulfonamides is 1. The normalized spacial score (nSPS) is 30.6. The summed E-state index contributed by atoms with van der Waals surface area (Å²) >= 11 is 0. The Balaban J connectivity index is 1.27. The maximum absolute atomic E-state index is 13.0.